The summed E-state index contributed by atoms with van der Waals surface area (Å²) in [4.78, 5) is 10.6. The van der Waals surface area contributed by atoms with Gasteiger partial charge in [-0.2, -0.15) is 0 Å². The summed E-state index contributed by atoms with van der Waals surface area (Å²) in [6.45, 7) is 1.85. The van der Waals surface area contributed by atoms with Gasteiger partial charge in [-0.05, 0) is 30.3 Å². The van der Waals surface area contributed by atoms with Gasteiger partial charge >= 0.3 is 0 Å². The zero-order valence-electron chi connectivity index (χ0n) is 5.83. The van der Waals surface area contributed by atoms with E-state index >= 15 is 0 Å². The maximum atomic E-state index is 10.6. The summed E-state index contributed by atoms with van der Waals surface area (Å²) >= 11 is 7.96. The van der Waals surface area contributed by atoms with Crippen LogP contribution in [0.3, 0.4) is 0 Å². The Morgan fingerprint density at radius 2 is 2.30 bits per heavy atom. The van der Waals surface area contributed by atoms with Crippen molar-refractivity contribution >= 4 is 39.6 Å². The van der Waals surface area contributed by atoms with E-state index in [4.69, 9.17) is 11.6 Å². The number of halogens is 1. The van der Waals surface area contributed by atoms with Gasteiger partial charge in [0.05, 0.1) is 0 Å². The molecule has 0 aromatic carbocycles. The van der Waals surface area contributed by atoms with E-state index in [2.05, 4.69) is 0 Å². The molecule has 0 fully saturated rings. The van der Waals surface area contributed by atoms with E-state index in [0.29, 0.717) is 0 Å². The topological polar surface area (TPSA) is 17.1 Å². The van der Waals surface area contributed by atoms with Crippen LogP contribution in [-0.2, 0) is 0 Å². The molecule has 0 saturated heterocycles. The molecule has 0 aliphatic rings. The van der Waals surface area contributed by atoms with Crippen LogP contribution in [0.5, 0.6) is 0 Å². The molecule has 0 N–H and O–H groups in total. The number of hydrogen-bond acceptors (Lipinski definition) is 3. The fourth-order valence-corrected chi connectivity index (χ4v) is 1.39. The van der Waals surface area contributed by atoms with Crippen molar-refractivity contribution in [2.24, 2.45) is 0 Å². The highest BCUT2D eigenvalue weighted by atomic mass is 35.5. The van der Waals surface area contributed by atoms with Crippen LogP contribution in [-0.4, -0.2) is 16.1 Å². The van der Waals surface area contributed by atoms with Crippen LogP contribution in [0.15, 0.2) is 11.5 Å². The van der Waals surface area contributed by atoms with E-state index in [9.17, 15) is 4.79 Å². The zero-order valence-corrected chi connectivity index (χ0v) is 8.22. The molecule has 1 atom stereocenters. The van der Waals surface area contributed by atoms with E-state index in [1.807, 2.05) is 6.92 Å². The standard InChI is InChI=1S/C6H9ClOS2/c1-5(7)3-4-10-6(8)9-2/h3-5H,1-2H3/b4-3+. The van der Waals surface area contributed by atoms with Crippen LogP contribution in [0.4, 0.5) is 4.79 Å². The molecule has 0 aromatic heterocycles. The molecule has 1 nitrogen and oxygen atoms in total. The summed E-state index contributed by atoms with van der Waals surface area (Å²) in [5.41, 5.74) is 0. The van der Waals surface area contributed by atoms with Crippen molar-refractivity contribution in [2.75, 3.05) is 6.26 Å². The Morgan fingerprint density at radius 3 is 2.70 bits per heavy atom. The van der Waals surface area contributed by atoms with Crippen molar-refractivity contribution in [3.8, 4) is 0 Å². The van der Waals surface area contributed by atoms with Crippen molar-refractivity contribution in [1.29, 1.82) is 0 Å². The molecule has 4 heteroatoms. The normalized spacial score (nSPS) is 13.9. The van der Waals surface area contributed by atoms with Gasteiger partial charge in [-0.1, -0.05) is 17.8 Å². The fraction of sp³-hybridized carbons (Fsp3) is 0.500. The van der Waals surface area contributed by atoms with Gasteiger partial charge in [-0.25, -0.2) is 0 Å². The molecule has 0 saturated carbocycles. The molecule has 0 aliphatic heterocycles. The van der Waals surface area contributed by atoms with E-state index < -0.39 is 0 Å². The Kier molecular flexibility index (Phi) is 6.38. The second-order valence-corrected chi connectivity index (χ2v) is 4.18. The smallest absolute Gasteiger partial charge is 0.249 e. The van der Waals surface area contributed by atoms with Crippen molar-refractivity contribution < 1.29 is 4.79 Å². The minimum Gasteiger partial charge on any atom is -0.274 e. The minimum absolute atomic E-state index is 0.00200. The lowest BCUT2D eigenvalue weighted by Gasteiger charge is -1.90. The summed E-state index contributed by atoms with van der Waals surface area (Å²) in [6, 6.07) is 0. The molecule has 0 rings (SSSR count). The lowest BCUT2D eigenvalue weighted by molar-refractivity contribution is 0.277. The van der Waals surface area contributed by atoms with Crippen LogP contribution in [0.2, 0.25) is 0 Å². The van der Waals surface area contributed by atoms with Crippen molar-refractivity contribution in [2.45, 2.75) is 12.3 Å². The molecule has 0 amide bonds. The Morgan fingerprint density at radius 1 is 1.70 bits per heavy atom. The average molecular weight is 197 g/mol. The SMILES string of the molecule is CSC(=O)S/C=C/C(C)Cl. The third-order valence-corrected chi connectivity index (χ3v) is 2.43. The Labute approximate surface area is 74.6 Å². The van der Waals surface area contributed by atoms with E-state index in [-0.39, 0.29) is 9.82 Å². The number of carbonyl (C=O) groups is 1. The highest BCUT2D eigenvalue weighted by molar-refractivity contribution is 8.39. The molecule has 1 unspecified atom stereocenters. The summed E-state index contributed by atoms with van der Waals surface area (Å²) in [5, 5.41) is 1.72. The second kappa shape index (κ2) is 6.13. The summed E-state index contributed by atoms with van der Waals surface area (Å²) in [7, 11) is 0. The lowest BCUT2D eigenvalue weighted by atomic mass is 10.5. The average Bonchev–Trinajstić information content (AvgIpc) is 1.87. The van der Waals surface area contributed by atoms with Crippen LogP contribution >= 0.6 is 35.1 Å². The van der Waals surface area contributed by atoms with Crippen LogP contribution < -0.4 is 0 Å². The number of thioether (sulfide) groups is 2. The van der Waals surface area contributed by atoms with E-state index in [0.717, 1.165) is 11.8 Å². The molecule has 0 bridgehead atoms. The van der Waals surface area contributed by atoms with E-state index in [1.165, 1.54) is 11.8 Å². The number of hydrogen-bond donors (Lipinski definition) is 0. The second-order valence-electron chi connectivity index (χ2n) is 1.58. The third-order valence-electron chi connectivity index (χ3n) is 0.675. The molecular weight excluding hydrogens is 188 g/mol. The van der Waals surface area contributed by atoms with Gasteiger partial charge in [0, 0.05) is 5.38 Å². The van der Waals surface area contributed by atoms with Crippen molar-refractivity contribution in [3.63, 3.8) is 0 Å². The van der Waals surface area contributed by atoms with Gasteiger partial charge in [0.15, 0.2) is 0 Å². The molecule has 10 heavy (non-hydrogen) atoms. The van der Waals surface area contributed by atoms with Gasteiger partial charge in [0.25, 0.3) is 0 Å². The van der Waals surface area contributed by atoms with Crippen molar-refractivity contribution in [3.05, 3.63) is 11.5 Å². The first-order valence-corrected chi connectivity index (χ1v) is 5.26. The number of carbonyl (C=O) groups excluding carboxylic acids is 1. The highest BCUT2D eigenvalue weighted by Gasteiger charge is 1.94. The Balaban J connectivity index is 3.43. The highest BCUT2D eigenvalue weighted by Crippen LogP contribution is 2.15. The van der Waals surface area contributed by atoms with Gasteiger partial charge in [-0.15, -0.1) is 11.6 Å². The largest absolute Gasteiger partial charge is 0.274 e. The molecule has 0 spiro atoms. The van der Waals surface area contributed by atoms with Gasteiger partial charge in [0.1, 0.15) is 0 Å². The lowest BCUT2D eigenvalue weighted by Crippen LogP contribution is -1.80. The monoisotopic (exact) mass is 196 g/mol. The van der Waals surface area contributed by atoms with Crippen LogP contribution in [0, 0.1) is 0 Å². The molecule has 0 radical (unpaired) electrons. The molecule has 58 valence electrons. The van der Waals surface area contributed by atoms with Gasteiger partial charge < -0.3 is 0 Å². The number of alkyl halides is 1. The molecule has 0 aromatic rings. The van der Waals surface area contributed by atoms with Gasteiger partial charge in [0.2, 0.25) is 4.45 Å². The number of allylic oxidation sites excluding steroid dienone is 1. The minimum atomic E-state index is 0.00200. The maximum Gasteiger partial charge on any atom is 0.249 e. The summed E-state index contributed by atoms with van der Waals surface area (Å²) in [5.74, 6) is 0. The molecule has 0 aliphatic carbocycles. The van der Waals surface area contributed by atoms with Crippen molar-refractivity contribution in [1.82, 2.24) is 0 Å². The first kappa shape index (κ1) is 10.4. The number of rotatable bonds is 2. The Bertz CT molecular complexity index is 134. The van der Waals surface area contributed by atoms with Crippen LogP contribution in [0.1, 0.15) is 6.92 Å². The first-order valence-electron chi connectivity index (χ1n) is 2.72. The quantitative estimate of drug-likeness (QED) is 0.631. The molecular formula is C6H9ClOS2. The summed E-state index contributed by atoms with van der Waals surface area (Å²) < 4.78 is 0.0913. The predicted octanol–water partition coefficient (Wildman–Crippen LogP) is 3.34. The third kappa shape index (κ3) is 6.52. The Hall–Kier alpha value is 0.400. The summed E-state index contributed by atoms with van der Waals surface area (Å²) in [6.07, 6.45) is 3.54. The fourth-order valence-electron chi connectivity index (χ4n) is 0.251. The maximum absolute atomic E-state index is 10.6. The van der Waals surface area contributed by atoms with Gasteiger partial charge in [-0.3, -0.25) is 4.79 Å². The zero-order chi connectivity index (χ0) is 7.98. The van der Waals surface area contributed by atoms with Crippen LogP contribution in [0.25, 0.3) is 0 Å². The predicted molar refractivity (Wildman–Crippen MR) is 51.0 cm³/mol. The van der Waals surface area contributed by atoms with E-state index in [1.54, 1.807) is 17.7 Å². The molecule has 0 heterocycles. The first-order chi connectivity index (χ1) is 4.66.